The second-order valence-electron chi connectivity index (χ2n) is 7.20. The largest absolute Gasteiger partial charge is 0.346 e. The highest BCUT2D eigenvalue weighted by atomic mass is 35.5. The van der Waals surface area contributed by atoms with Crippen molar-refractivity contribution in [1.29, 1.82) is 0 Å². The molecule has 0 aromatic heterocycles. The standard InChI is InChI=1S/C21H23Cl2N2O/c1-15-7-4-5-8-19(15)24-14-21(26,16-10-11-17(22)18(23)13-16)25-12-6-2-3-9-20(24)25/h4-5,7-8,10-11,13,26H,2-3,6,9,12,14H2,1H3/q+1/t21-/m1/s1. The van der Waals surface area contributed by atoms with E-state index < -0.39 is 5.72 Å². The van der Waals surface area contributed by atoms with Gasteiger partial charge < -0.3 is 5.11 Å². The van der Waals surface area contributed by atoms with Gasteiger partial charge in [0, 0.05) is 12.0 Å². The van der Waals surface area contributed by atoms with Crippen LogP contribution in [0.4, 0.5) is 5.69 Å². The summed E-state index contributed by atoms with van der Waals surface area (Å²) in [6, 6.07) is 13.8. The molecule has 2 aromatic carbocycles. The van der Waals surface area contributed by atoms with Crippen LogP contribution < -0.4 is 4.90 Å². The van der Waals surface area contributed by atoms with Crippen LogP contribution in [0.15, 0.2) is 42.5 Å². The minimum absolute atomic E-state index is 0.475. The lowest BCUT2D eigenvalue weighted by Gasteiger charge is -2.24. The number of para-hydroxylation sites is 1. The van der Waals surface area contributed by atoms with E-state index in [0.717, 1.165) is 37.1 Å². The number of hydrogen-bond acceptors (Lipinski definition) is 2. The zero-order chi connectivity index (χ0) is 18.3. The Balaban J connectivity index is 1.84. The fourth-order valence-electron chi connectivity index (χ4n) is 4.15. The van der Waals surface area contributed by atoms with Crippen molar-refractivity contribution >= 4 is 34.7 Å². The number of halogens is 2. The Bertz CT molecular complexity index is 880. The topological polar surface area (TPSA) is 26.5 Å². The first-order chi connectivity index (χ1) is 12.5. The molecular weight excluding hydrogens is 367 g/mol. The van der Waals surface area contributed by atoms with Crippen molar-refractivity contribution in [2.75, 3.05) is 18.0 Å². The summed E-state index contributed by atoms with van der Waals surface area (Å²) in [5, 5.41) is 12.8. The van der Waals surface area contributed by atoms with E-state index in [4.69, 9.17) is 23.2 Å². The van der Waals surface area contributed by atoms with Crippen molar-refractivity contribution in [1.82, 2.24) is 0 Å². The Kier molecular flexibility index (Phi) is 4.72. The van der Waals surface area contributed by atoms with E-state index in [0.29, 0.717) is 16.6 Å². The van der Waals surface area contributed by atoms with Gasteiger partial charge in [-0.1, -0.05) is 47.5 Å². The van der Waals surface area contributed by atoms with Crippen molar-refractivity contribution in [3.8, 4) is 0 Å². The molecule has 136 valence electrons. The van der Waals surface area contributed by atoms with Gasteiger partial charge in [-0.25, -0.2) is 9.48 Å². The first kappa shape index (κ1) is 17.8. The minimum atomic E-state index is -1.10. The second kappa shape index (κ2) is 6.88. The number of aliphatic hydroxyl groups is 1. The van der Waals surface area contributed by atoms with Crippen molar-refractivity contribution in [2.45, 2.75) is 38.3 Å². The molecule has 2 heterocycles. The molecule has 0 amide bonds. The van der Waals surface area contributed by atoms with E-state index in [2.05, 4.69) is 40.7 Å². The Morgan fingerprint density at radius 1 is 1.04 bits per heavy atom. The highest BCUT2D eigenvalue weighted by Gasteiger charge is 2.52. The molecule has 1 N–H and O–H groups in total. The molecule has 1 atom stereocenters. The van der Waals surface area contributed by atoms with Gasteiger partial charge in [-0.3, -0.25) is 0 Å². The predicted molar refractivity (Wildman–Crippen MR) is 107 cm³/mol. The second-order valence-corrected chi connectivity index (χ2v) is 8.01. The first-order valence-electron chi connectivity index (χ1n) is 9.15. The number of β-amino-alcohol motifs (C(OH)–C–C–N with tert-alkyl or cyclic N) is 1. The summed E-state index contributed by atoms with van der Waals surface area (Å²) in [6.07, 6.45) is 4.37. The van der Waals surface area contributed by atoms with Gasteiger partial charge in [0.2, 0.25) is 0 Å². The van der Waals surface area contributed by atoms with E-state index in [1.54, 1.807) is 12.1 Å². The van der Waals surface area contributed by atoms with E-state index in [-0.39, 0.29) is 0 Å². The summed E-state index contributed by atoms with van der Waals surface area (Å²) < 4.78 is 2.17. The molecule has 0 spiro atoms. The highest BCUT2D eigenvalue weighted by Crippen LogP contribution is 2.38. The molecule has 0 radical (unpaired) electrons. The number of amidine groups is 1. The van der Waals surface area contributed by atoms with E-state index in [9.17, 15) is 5.11 Å². The van der Waals surface area contributed by atoms with Crippen LogP contribution >= 0.6 is 23.2 Å². The van der Waals surface area contributed by atoms with E-state index >= 15 is 0 Å². The van der Waals surface area contributed by atoms with Gasteiger partial charge in [0.05, 0.1) is 16.6 Å². The van der Waals surface area contributed by atoms with Gasteiger partial charge in [-0.2, -0.15) is 0 Å². The Labute approximate surface area is 164 Å². The molecule has 2 aliphatic heterocycles. The van der Waals surface area contributed by atoms with Gasteiger partial charge in [-0.15, -0.1) is 0 Å². The molecule has 0 bridgehead atoms. The Morgan fingerprint density at radius 2 is 1.85 bits per heavy atom. The molecule has 0 unspecified atom stereocenters. The molecule has 0 fully saturated rings. The zero-order valence-electron chi connectivity index (χ0n) is 14.9. The molecule has 5 heteroatoms. The first-order valence-corrected chi connectivity index (χ1v) is 9.91. The summed E-state index contributed by atoms with van der Waals surface area (Å²) in [5.74, 6) is 1.20. The van der Waals surface area contributed by atoms with Crippen molar-refractivity contribution in [3.05, 3.63) is 63.6 Å². The minimum Gasteiger partial charge on any atom is -0.346 e. The maximum atomic E-state index is 11.8. The average Bonchev–Trinajstić information content (AvgIpc) is 2.78. The van der Waals surface area contributed by atoms with Gasteiger partial charge >= 0.3 is 0 Å². The monoisotopic (exact) mass is 389 g/mol. The van der Waals surface area contributed by atoms with Gasteiger partial charge in [0.15, 0.2) is 6.54 Å². The molecule has 0 aliphatic carbocycles. The summed E-state index contributed by atoms with van der Waals surface area (Å²) in [4.78, 5) is 2.28. The lowest BCUT2D eigenvalue weighted by atomic mass is 10.0. The summed E-state index contributed by atoms with van der Waals surface area (Å²) in [6.45, 7) is 3.45. The molecule has 3 nitrogen and oxygen atoms in total. The molecule has 26 heavy (non-hydrogen) atoms. The fourth-order valence-corrected chi connectivity index (χ4v) is 4.45. The third kappa shape index (κ3) is 2.92. The fraction of sp³-hybridized carbons (Fsp3) is 0.381. The molecule has 4 rings (SSSR count). The molecule has 2 aromatic rings. The molecule has 0 saturated heterocycles. The SMILES string of the molecule is Cc1ccccc1N1C[C@@](O)(c2ccc(Cl)c(Cl)c2)[N+]2=C1CCCCC2. The number of nitrogens with zero attached hydrogens (tertiary/aromatic N) is 2. The van der Waals surface area contributed by atoms with Crippen molar-refractivity contribution in [2.24, 2.45) is 0 Å². The number of benzene rings is 2. The van der Waals surface area contributed by atoms with Gasteiger partial charge in [0.25, 0.3) is 11.6 Å². The maximum Gasteiger partial charge on any atom is 0.271 e. The van der Waals surface area contributed by atoms with Crippen LogP contribution in [-0.4, -0.2) is 28.6 Å². The number of hydrogen-bond donors (Lipinski definition) is 1. The summed E-state index contributed by atoms with van der Waals surface area (Å²) >= 11 is 12.4. The van der Waals surface area contributed by atoms with E-state index in [1.807, 2.05) is 6.07 Å². The molecule has 0 saturated carbocycles. The van der Waals surface area contributed by atoms with Crippen LogP contribution in [0.5, 0.6) is 0 Å². The lowest BCUT2D eigenvalue weighted by Crippen LogP contribution is -2.41. The third-order valence-electron chi connectivity index (χ3n) is 5.52. The zero-order valence-corrected chi connectivity index (χ0v) is 16.4. The van der Waals surface area contributed by atoms with Crippen LogP contribution in [0.2, 0.25) is 10.0 Å². The van der Waals surface area contributed by atoms with Crippen LogP contribution in [0, 0.1) is 6.92 Å². The van der Waals surface area contributed by atoms with Crippen molar-refractivity contribution in [3.63, 3.8) is 0 Å². The summed E-state index contributed by atoms with van der Waals surface area (Å²) in [7, 11) is 0. The predicted octanol–water partition coefficient (Wildman–Crippen LogP) is 4.95. The molecule has 2 aliphatic rings. The Hall–Kier alpha value is -1.55. The van der Waals surface area contributed by atoms with Gasteiger partial charge in [0.1, 0.15) is 5.69 Å². The third-order valence-corrected chi connectivity index (χ3v) is 6.26. The number of anilines is 1. The van der Waals surface area contributed by atoms with Crippen LogP contribution in [0.1, 0.15) is 36.8 Å². The van der Waals surface area contributed by atoms with Crippen molar-refractivity contribution < 1.29 is 9.68 Å². The highest BCUT2D eigenvalue weighted by molar-refractivity contribution is 6.42. The summed E-state index contributed by atoms with van der Waals surface area (Å²) in [5.41, 5.74) is 2.06. The average molecular weight is 390 g/mol. The smallest absolute Gasteiger partial charge is 0.271 e. The maximum absolute atomic E-state index is 11.8. The normalized spacial score (nSPS) is 23.2. The quantitative estimate of drug-likeness (QED) is 0.735. The number of rotatable bonds is 2. The van der Waals surface area contributed by atoms with E-state index in [1.165, 1.54) is 17.8 Å². The number of aryl methyl sites for hydroxylation is 1. The van der Waals surface area contributed by atoms with Crippen LogP contribution in [0.3, 0.4) is 0 Å². The lowest BCUT2D eigenvalue weighted by molar-refractivity contribution is -0.658. The Morgan fingerprint density at radius 3 is 2.62 bits per heavy atom. The van der Waals surface area contributed by atoms with Gasteiger partial charge in [-0.05, 0) is 49.9 Å². The van der Waals surface area contributed by atoms with Crippen LogP contribution in [0.25, 0.3) is 0 Å². The molecular formula is C21H23Cl2N2O+. The van der Waals surface area contributed by atoms with Crippen LogP contribution in [-0.2, 0) is 5.72 Å².